The predicted octanol–water partition coefficient (Wildman–Crippen LogP) is 1.66. The molecule has 0 heterocycles. The van der Waals surface area contributed by atoms with Crippen molar-refractivity contribution in [1.82, 2.24) is 0 Å². The zero-order valence-electron chi connectivity index (χ0n) is 9.38. The molecule has 0 atom stereocenters. The SMILES string of the molecule is COOc1ccc(C=CC(=O)O)cc1OOC. The topological polar surface area (TPSA) is 74.2 Å². The van der Waals surface area contributed by atoms with Crippen molar-refractivity contribution in [3.63, 3.8) is 0 Å². The van der Waals surface area contributed by atoms with Gasteiger partial charge >= 0.3 is 5.97 Å². The molecule has 0 unspecified atom stereocenters. The minimum atomic E-state index is -1.03. The van der Waals surface area contributed by atoms with Gasteiger partial charge in [0.05, 0.1) is 14.2 Å². The van der Waals surface area contributed by atoms with Gasteiger partial charge in [-0.25, -0.2) is 4.79 Å². The van der Waals surface area contributed by atoms with E-state index in [2.05, 4.69) is 9.78 Å². The van der Waals surface area contributed by atoms with Crippen LogP contribution >= 0.6 is 0 Å². The Bertz CT molecular complexity index is 412. The summed E-state index contributed by atoms with van der Waals surface area (Å²) in [6.45, 7) is 0. The number of carbonyl (C=O) groups is 1. The van der Waals surface area contributed by atoms with Crippen molar-refractivity contribution in [3.8, 4) is 11.5 Å². The molecular formula is C11H12O6. The van der Waals surface area contributed by atoms with Crippen LogP contribution in [-0.2, 0) is 14.6 Å². The van der Waals surface area contributed by atoms with E-state index in [9.17, 15) is 4.79 Å². The minimum absolute atomic E-state index is 0.280. The molecule has 0 amide bonds. The van der Waals surface area contributed by atoms with Crippen molar-refractivity contribution >= 4 is 12.0 Å². The fraction of sp³-hybridized carbons (Fsp3) is 0.182. The van der Waals surface area contributed by atoms with E-state index in [1.54, 1.807) is 18.2 Å². The number of benzene rings is 1. The van der Waals surface area contributed by atoms with Gasteiger partial charge in [0.25, 0.3) is 0 Å². The summed E-state index contributed by atoms with van der Waals surface area (Å²) in [7, 11) is 2.70. The summed E-state index contributed by atoms with van der Waals surface area (Å²) >= 11 is 0. The lowest BCUT2D eigenvalue weighted by atomic mass is 10.2. The monoisotopic (exact) mass is 240 g/mol. The second-order valence-electron chi connectivity index (χ2n) is 2.88. The average molecular weight is 240 g/mol. The van der Waals surface area contributed by atoms with Gasteiger partial charge < -0.3 is 14.9 Å². The summed E-state index contributed by atoms with van der Waals surface area (Å²) in [5, 5.41) is 8.50. The van der Waals surface area contributed by atoms with Crippen molar-refractivity contribution in [2.75, 3.05) is 14.2 Å². The van der Waals surface area contributed by atoms with Crippen LogP contribution in [0.3, 0.4) is 0 Å². The molecular weight excluding hydrogens is 228 g/mol. The third-order valence-corrected chi connectivity index (χ3v) is 1.73. The van der Waals surface area contributed by atoms with E-state index in [1.807, 2.05) is 0 Å². The van der Waals surface area contributed by atoms with E-state index >= 15 is 0 Å². The molecule has 0 fully saturated rings. The average Bonchev–Trinajstić information content (AvgIpc) is 2.30. The largest absolute Gasteiger partial charge is 0.478 e. The molecule has 1 aromatic rings. The summed E-state index contributed by atoms with van der Waals surface area (Å²) in [4.78, 5) is 29.1. The highest BCUT2D eigenvalue weighted by molar-refractivity contribution is 5.85. The van der Waals surface area contributed by atoms with E-state index in [-0.39, 0.29) is 5.75 Å². The van der Waals surface area contributed by atoms with Gasteiger partial charge in [0, 0.05) is 6.08 Å². The predicted molar refractivity (Wildman–Crippen MR) is 58.4 cm³/mol. The summed E-state index contributed by atoms with van der Waals surface area (Å²) in [6.07, 6.45) is 2.43. The fourth-order valence-corrected chi connectivity index (χ4v) is 1.11. The molecule has 0 spiro atoms. The molecule has 0 aliphatic heterocycles. The molecule has 0 aromatic heterocycles. The lowest BCUT2D eigenvalue weighted by molar-refractivity contribution is -0.201. The number of carboxylic acids is 1. The second-order valence-corrected chi connectivity index (χ2v) is 2.88. The van der Waals surface area contributed by atoms with Crippen molar-refractivity contribution in [2.45, 2.75) is 0 Å². The normalized spacial score (nSPS) is 10.5. The van der Waals surface area contributed by atoms with Gasteiger partial charge in [-0.1, -0.05) is 6.07 Å². The van der Waals surface area contributed by atoms with Crippen LogP contribution in [0.1, 0.15) is 5.56 Å². The molecule has 92 valence electrons. The smallest absolute Gasteiger partial charge is 0.328 e. The van der Waals surface area contributed by atoms with Crippen LogP contribution in [0.5, 0.6) is 11.5 Å². The van der Waals surface area contributed by atoms with Crippen LogP contribution in [-0.4, -0.2) is 25.3 Å². The van der Waals surface area contributed by atoms with Gasteiger partial charge in [-0.2, -0.15) is 9.78 Å². The molecule has 0 bridgehead atoms. The Balaban J connectivity index is 2.95. The van der Waals surface area contributed by atoms with Gasteiger partial charge in [0.1, 0.15) is 0 Å². The second kappa shape index (κ2) is 6.51. The number of hydrogen-bond acceptors (Lipinski definition) is 5. The molecule has 1 aromatic carbocycles. The van der Waals surface area contributed by atoms with Crippen LogP contribution < -0.4 is 9.78 Å². The highest BCUT2D eigenvalue weighted by Gasteiger charge is 2.07. The van der Waals surface area contributed by atoms with Gasteiger partial charge in [0.15, 0.2) is 0 Å². The first-order chi connectivity index (χ1) is 8.17. The van der Waals surface area contributed by atoms with Crippen molar-refractivity contribution < 1.29 is 29.5 Å². The molecule has 0 radical (unpaired) electrons. The standard InChI is InChI=1S/C11H12O6/c1-14-16-9-5-3-8(4-6-11(12)13)7-10(9)17-15-2/h3-7H,1-2H3,(H,12,13). The fourth-order valence-electron chi connectivity index (χ4n) is 1.11. The lowest BCUT2D eigenvalue weighted by Gasteiger charge is -2.07. The maximum Gasteiger partial charge on any atom is 0.328 e. The summed E-state index contributed by atoms with van der Waals surface area (Å²) < 4.78 is 0. The van der Waals surface area contributed by atoms with Crippen LogP contribution in [0.25, 0.3) is 6.08 Å². The Morgan fingerprint density at radius 1 is 1.18 bits per heavy atom. The first-order valence-corrected chi connectivity index (χ1v) is 4.63. The molecule has 0 saturated carbocycles. The van der Waals surface area contributed by atoms with E-state index in [0.717, 1.165) is 6.08 Å². The van der Waals surface area contributed by atoms with E-state index < -0.39 is 5.97 Å². The van der Waals surface area contributed by atoms with Gasteiger partial charge in [0.2, 0.25) is 11.5 Å². The van der Waals surface area contributed by atoms with Crippen LogP contribution in [0, 0.1) is 0 Å². The minimum Gasteiger partial charge on any atom is -0.478 e. The maximum atomic E-state index is 10.4. The Kier molecular flexibility index (Phi) is 4.99. The Morgan fingerprint density at radius 2 is 1.82 bits per heavy atom. The summed E-state index contributed by atoms with van der Waals surface area (Å²) in [6, 6.07) is 4.77. The van der Waals surface area contributed by atoms with Gasteiger partial charge in [-0.3, -0.25) is 0 Å². The van der Waals surface area contributed by atoms with Crippen LogP contribution in [0.2, 0.25) is 0 Å². The molecule has 6 heteroatoms. The molecule has 1 N–H and O–H groups in total. The Hall–Kier alpha value is -2.05. The van der Waals surface area contributed by atoms with E-state index in [0.29, 0.717) is 11.3 Å². The number of rotatable bonds is 6. The Labute approximate surface area is 97.8 Å². The molecule has 0 aliphatic carbocycles. The molecule has 0 saturated heterocycles. The van der Waals surface area contributed by atoms with Crippen molar-refractivity contribution in [1.29, 1.82) is 0 Å². The molecule has 1 rings (SSSR count). The first kappa shape index (κ1) is 13.0. The van der Waals surface area contributed by atoms with Crippen LogP contribution in [0.15, 0.2) is 24.3 Å². The molecule has 0 aliphatic rings. The number of carboxylic acid groups (broad SMARTS) is 1. The van der Waals surface area contributed by atoms with Crippen molar-refractivity contribution in [2.24, 2.45) is 0 Å². The Morgan fingerprint density at radius 3 is 2.41 bits per heavy atom. The third kappa shape index (κ3) is 4.13. The van der Waals surface area contributed by atoms with Crippen LogP contribution in [0.4, 0.5) is 0 Å². The third-order valence-electron chi connectivity index (χ3n) is 1.73. The van der Waals surface area contributed by atoms with Crippen molar-refractivity contribution in [3.05, 3.63) is 29.8 Å². The molecule has 17 heavy (non-hydrogen) atoms. The quantitative estimate of drug-likeness (QED) is 0.463. The molecule has 6 nitrogen and oxygen atoms in total. The zero-order chi connectivity index (χ0) is 12.7. The lowest BCUT2D eigenvalue weighted by Crippen LogP contribution is -1.97. The summed E-state index contributed by atoms with van der Waals surface area (Å²) in [5.41, 5.74) is 0.628. The van der Waals surface area contributed by atoms with E-state index in [4.69, 9.17) is 14.9 Å². The number of hydrogen-bond donors (Lipinski definition) is 1. The maximum absolute atomic E-state index is 10.4. The summed E-state index contributed by atoms with van der Waals surface area (Å²) in [5.74, 6) is -0.430. The number of aliphatic carboxylic acids is 1. The van der Waals surface area contributed by atoms with E-state index in [1.165, 1.54) is 20.3 Å². The van der Waals surface area contributed by atoms with Gasteiger partial charge in [-0.15, -0.1) is 0 Å². The van der Waals surface area contributed by atoms with Gasteiger partial charge in [-0.05, 0) is 23.8 Å². The highest BCUT2D eigenvalue weighted by atomic mass is 17.2. The highest BCUT2D eigenvalue weighted by Crippen LogP contribution is 2.29. The first-order valence-electron chi connectivity index (χ1n) is 4.63. The zero-order valence-corrected chi connectivity index (χ0v) is 9.38.